The van der Waals surface area contributed by atoms with Gasteiger partial charge in [-0.25, -0.2) is 4.21 Å². The molecule has 0 aliphatic rings. The topological polar surface area (TPSA) is 132 Å². The Morgan fingerprint density at radius 3 is 2.50 bits per heavy atom. The quantitative estimate of drug-likeness (QED) is 0.108. The van der Waals surface area contributed by atoms with Gasteiger partial charge in [-0.15, -0.1) is 0 Å². The molecule has 9 nitrogen and oxygen atoms in total. The molecule has 204 valence electrons. The van der Waals surface area contributed by atoms with Gasteiger partial charge >= 0.3 is 5.97 Å². The van der Waals surface area contributed by atoms with Gasteiger partial charge in [0.15, 0.2) is 17.8 Å². The van der Waals surface area contributed by atoms with E-state index in [-0.39, 0.29) is 36.5 Å². The van der Waals surface area contributed by atoms with Gasteiger partial charge < -0.3 is 35.1 Å². The number of ether oxygens (including phenoxy) is 3. The summed E-state index contributed by atoms with van der Waals surface area (Å²) < 4.78 is 37.9. The molecule has 0 radical (unpaired) electrons. The van der Waals surface area contributed by atoms with E-state index in [1.54, 1.807) is 39.3 Å². The van der Waals surface area contributed by atoms with Gasteiger partial charge in [0.2, 0.25) is 0 Å². The summed E-state index contributed by atoms with van der Waals surface area (Å²) in [5.41, 5.74) is 11.8. The molecule has 0 aliphatic heterocycles. The lowest BCUT2D eigenvalue weighted by atomic mass is 9.87. The fourth-order valence-electron chi connectivity index (χ4n) is 4.21. The van der Waals surface area contributed by atoms with Crippen LogP contribution in [0, 0.1) is 13.8 Å². The molecule has 0 aromatic heterocycles. The summed E-state index contributed by atoms with van der Waals surface area (Å²) in [6.07, 6.45) is 0.114. The predicted octanol–water partition coefficient (Wildman–Crippen LogP) is 5.05. The Kier molecular flexibility index (Phi) is 9.98. The van der Waals surface area contributed by atoms with Crippen molar-refractivity contribution in [3.05, 3.63) is 70.8 Å². The molecule has 10 heteroatoms. The number of benzene rings is 3. The first-order valence-electron chi connectivity index (χ1n) is 12.2. The molecule has 0 spiro atoms. The normalized spacial score (nSPS) is 12.4. The number of rotatable bonds is 12. The number of nitrogens with two attached hydrogens (primary N) is 1. The lowest BCUT2D eigenvalue weighted by Crippen LogP contribution is -2.14. The SMILES string of the molecule is CCOC(=O)CC(c1ccc(C)c(NCOc2cc(C)ccc2S(=O)O)c1)c1cc(N)c(NC)c(OC)c1. The first kappa shape index (κ1) is 28.8. The summed E-state index contributed by atoms with van der Waals surface area (Å²) in [7, 11) is 3.33. The lowest BCUT2D eigenvalue weighted by molar-refractivity contribution is -0.143. The average molecular weight is 542 g/mol. The molecule has 0 aliphatic carbocycles. The van der Waals surface area contributed by atoms with Gasteiger partial charge in [0.05, 0.1) is 31.5 Å². The van der Waals surface area contributed by atoms with Crippen LogP contribution < -0.4 is 25.8 Å². The minimum absolute atomic E-state index is 0.0676. The van der Waals surface area contributed by atoms with Crippen LogP contribution in [0.4, 0.5) is 17.1 Å². The highest BCUT2D eigenvalue weighted by molar-refractivity contribution is 7.79. The maximum absolute atomic E-state index is 12.6. The van der Waals surface area contributed by atoms with E-state index in [0.717, 1.165) is 27.9 Å². The number of carbonyl (C=O) groups is 1. The highest BCUT2D eigenvalue weighted by atomic mass is 32.2. The molecule has 3 aromatic carbocycles. The van der Waals surface area contributed by atoms with Gasteiger partial charge in [-0.3, -0.25) is 4.79 Å². The van der Waals surface area contributed by atoms with Gasteiger partial charge in [-0.2, -0.15) is 0 Å². The highest BCUT2D eigenvalue weighted by Gasteiger charge is 2.23. The van der Waals surface area contributed by atoms with E-state index < -0.39 is 11.1 Å². The van der Waals surface area contributed by atoms with E-state index in [1.807, 2.05) is 44.2 Å². The number of nitrogen functional groups attached to an aromatic ring is 1. The van der Waals surface area contributed by atoms with Gasteiger partial charge in [-0.05, 0) is 73.4 Å². The molecule has 5 N–H and O–H groups in total. The van der Waals surface area contributed by atoms with Crippen LogP contribution in [0.5, 0.6) is 11.5 Å². The average Bonchev–Trinajstić information content (AvgIpc) is 2.88. The number of hydrogen-bond acceptors (Lipinski definition) is 8. The third-order valence-electron chi connectivity index (χ3n) is 6.15. The summed E-state index contributed by atoms with van der Waals surface area (Å²) in [4.78, 5) is 12.8. The Morgan fingerprint density at radius 2 is 1.84 bits per heavy atom. The van der Waals surface area contributed by atoms with Crippen LogP contribution in [0.1, 0.15) is 41.5 Å². The molecule has 0 amide bonds. The van der Waals surface area contributed by atoms with Crippen molar-refractivity contribution in [1.29, 1.82) is 0 Å². The van der Waals surface area contributed by atoms with Crippen molar-refractivity contribution in [3.63, 3.8) is 0 Å². The van der Waals surface area contributed by atoms with Crippen molar-refractivity contribution in [2.75, 3.05) is 43.9 Å². The minimum atomic E-state index is -2.17. The second-order valence-corrected chi connectivity index (χ2v) is 9.68. The number of carbonyl (C=O) groups excluding carboxylic acids is 1. The number of esters is 1. The molecule has 3 aromatic rings. The molecule has 3 rings (SSSR count). The summed E-state index contributed by atoms with van der Waals surface area (Å²) in [5.74, 6) is 0.235. The van der Waals surface area contributed by atoms with Gasteiger partial charge in [-0.1, -0.05) is 18.2 Å². The first-order chi connectivity index (χ1) is 18.2. The number of nitrogens with one attached hydrogen (secondary N) is 2. The zero-order valence-corrected chi connectivity index (χ0v) is 23.1. The predicted molar refractivity (Wildman–Crippen MR) is 151 cm³/mol. The molecule has 0 bridgehead atoms. The molecule has 0 saturated carbocycles. The van der Waals surface area contributed by atoms with Crippen LogP contribution in [0.3, 0.4) is 0 Å². The zero-order chi connectivity index (χ0) is 27.8. The summed E-state index contributed by atoms with van der Waals surface area (Å²) in [6.45, 7) is 5.96. The third kappa shape index (κ3) is 6.96. The van der Waals surface area contributed by atoms with Crippen LogP contribution in [0.15, 0.2) is 53.4 Å². The van der Waals surface area contributed by atoms with E-state index in [0.29, 0.717) is 22.9 Å². The maximum atomic E-state index is 12.6. The van der Waals surface area contributed by atoms with Crippen molar-refractivity contribution in [3.8, 4) is 11.5 Å². The van der Waals surface area contributed by atoms with E-state index in [2.05, 4.69) is 10.6 Å². The zero-order valence-electron chi connectivity index (χ0n) is 22.3. The smallest absolute Gasteiger partial charge is 0.306 e. The summed E-state index contributed by atoms with van der Waals surface area (Å²) >= 11 is -2.17. The second-order valence-electron chi connectivity index (χ2n) is 8.74. The van der Waals surface area contributed by atoms with E-state index >= 15 is 0 Å². The van der Waals surface area contributed by atoms with Crippen LogP contribution in [-0.4, -0.2) is 42.2 Å². The van der Waals surface area contributed by atoms with Crippen molar-refractivity contribution < 1.29 is 27.8 Å². The molecule has 2 unspecified atom stereocenters. The highest BCUT2D eigenvalue weighted by Crippen LogP contribution is 2.39. The first-order valence-corrected chi connectivity index (χ1v) is 13.3. The molecule has 2 atom stereocenters. The Balaban J connectivity index is 1.93. The van der Waals surface area contributed by atoms with Crippen molar-refractivity contribution in [2.45, 2.75) is 38.0 Å². The largest absolute Gasteiger partial charge is 0.494 e. The molecule has 0 heterocycles. The summed E-state index contributed by atoms with van der Waals surface area (Å²) in [5, 5.41) is 6.30. The van der Waals surface area contributed by atoms with Gasteiger partial charge in [0.25, 0.3) is 0 Å². The van der Waals surface area contributed by atoms with Crippen molar-refractivity contribution in [1.82, 2.24) is 0 Å². The van der Waals surface area contributed by atoms with Gasteiger partial charge in [0.1, 0.15) is 16.4 Å². The molecule has 0 saturated heterocycles. The summed E-state index contributed by atoms with van der Waals surface area (Å²) in [6, 6.07) is 14.6. The lowest BCUT2D eigenvalue weighted by Gasteiger charge is -2.22. The Labute approximate surface area is 226 Å². The van der Waals surface area contributed by atoms with Crippen LogP contribution in [-0.2, 0) is 20.6 Å². The van der Waals surface area contributed by atoms with Crippen LogP contribution >= 0.6 is 0 Å². The fraction of sp³-hybridized carbons (Fsp3) is 0.321. The molecule has 38 heavy (non-hydrogen) atoms. The van der Waals surface area contributed by atoms with Gasteiger partial charge in [0, 0.05) is 18.7 Å². The monoisotopic (exact) mass is 541 g/mol. The standard InChI is InChI=1S/C28H35N3O6S/c1-6-36-27(32)15-21(20-12-22(29)28(30-4)25(14-20)35-5)19-9-8-18(3)23(13-19)31-16-37-24-11-17(2)7-10-26(24)38(33)34/h7-14,21,30-31H,6,15-16,29H2,1-5H3,(H,33,34). The van der Waals surface area contributed by atoms with Crippen LogP contribution in [0.25, 0.3) is 0 Å². The second kappa shape index (κ2) is 13.2. The van der Waals surface area contributed by atoms with E-state index in [1.165, 1.54) is 0 Å². The van der Waals surface area contributed by atoms with Crippen LogP contribution in [0.2, 0.25) is 0 Å². The molecular weight excluding hydrogens is 506 g/mol. The van der Waals surface area contributed by atoms with E-state index in [9.17, 15) is 13.6 Å². The Bertz CT molecular complexity index is 1310. The molecule has 0 fully saturated rings. The fourth-order valence-corrected chi connectivity index (χ4v) is 4.69. The third-order valence-corrected chi connectivity index (χ3v) is 6.86. The number of hydrogen-bond donors (Lipinski definition) is 4. The Morgan fingerprint density at radius 1 is 1.08 bits per heavy atom. The van der Waals surface area contributed by atoms with Crippen molar-refractivity contribution in [2.24, 2.45) is 0 Å². The van der Waals surface area contributed by atoms with Crippen molar-refractivity contribution >= 4 is 34.1 Å². The number of aryl methyl sites for hydroxylation is 2. The number of methoxy groups -OCH3 is 1. The van der Waals surface area contributed by atoms with E-state index in [4.69, 9.17) is 19.9 Å². The Hall–Kier alpha value is -3.76. The maximum Gasteiger partial charge on any atom is 0.306 e. The number of anilines is 3. The molecular formula is C28H35N3O6S. The minimum Gasteiger partial charge on any atom is -0.494 e.